The summed E-state index contributed by atoms with van der Waals surface area (Å²) < 4.78 is 10.3. The average molecular weight is 573 g/mol. The van der Waals surface area contributed by atoms with Crippen molar-refractivity contribution in [3.05, 3.63) is 0 Å². The summed E-state index contributed by atoms with van der Waals surface area (Å²) in [5.74, 6) is -0.194. The molecule has 0 aromatic rings. The zero-order chi connectivity index (χ0) is 29.9. The summed E-state index contributed by atoms with van der Waals surface area (Å²) in [6.45, 7) is 6.70. The maximum Gasteiger partial charge on any atom is 0.404 e. The Labute approximate surface area is 245 Å². The van der Waals surface area contributed by atoms with E-state index in [1.807, 2.05) is 0 Å². The standard InChI is InChI=1S/C17H33NO4.C15H31NO2/c1-2-3-4-5-6-7-8-12-15-22-16(19)13-10-9-11-14-18-17(20)21;1-2-3-4-5-6-7-8-11-14-18-15(17)12-9-10-13-16/h18H,2-15H2,1H3,(H,20,21);2-14,16H2,1H3. The summed E-state index contributed by atoms with van der Waals surface area (Å²) in [6.07, 6.45) is 24.2. The number of nitrogens with one attached hydrogen (secondary N) is 1. The van der Waals surface area contributed by atoms with Gasteiger partial charge in [-0.25, -0.2) is 4.79 Å². The van der Waals surface area contributed by atoms with Crippen LogP contribution < -0.4 is 11.1 Å². The van der Waals surface area contributed by atoms with Crippen LogP contribution in [0.1, 0.15) is 162 Å². The van der Waals surface area contributed by atoms with Crippen molar-refractivity contribution in [1.29, 1.82) is 0 Å². The minimum atomic E-state index is -0.996. The molecule has 4 N–H and O–H groups in total. The zero-order valence-electron chi connectivity index (χ0n) is 26.2. The van der Waals surface area contributed by atoms with E-state index >= 15 is 0 Å². The lowest BCUT2D eigenvalue weighted by atomic mass is 10.1. The fourth-order valence-electron chi connectivity index (χ4n) is 4.17. The van der Waals surface area contributed by atoms with Crippen molar-refractivity contribution in [2.45, 2.75) is 162 Å². The van der Waals surface area contributed by atoms with E-state index in [4.69, 9.17) is 20.3 Å². The van der Waals surface area contributed by atoms with Crippen molar-refractivity contribution in [1.82, 2.24) is 5.32 Å². The number of rotatable bonds is 28. The van der Waals surface area contributed by atoms with Gasteiger partial charge in [-0.05, 0) is 45.1 Å². The average Bonchev–Trinajstić information content (AvgIpc) is 2.93. The molecule has 0 aromatic heterocycles. The van der Waals surface area contributed by atoms with Gasteiger partial charge in [-0.3, -0.25) is 9.59 Å². The topological polar surface area (TPSA) is 128 Å². The summed E-state index contributed by atoms with van der Waals surface area (Å²) in [6, 6.07) is 0. The largest absolute Gasteiger partial charge is 0.466 e. The molecule has 0 saturated heterocycles. The molecule has 0 atom stereocenters. The Hall–Kier alpha value is -1.83. The van der Waals surface area contributed by atoms with E-state index in [0.29, 0.717) is 39.1 Å². The quantitative estimate of drug-likeness (QED) is 0.0635. The molecule has 0 spiro atoms. The molecule has 0 aliphatic carbocycles. The van der Waals surface area contributed by atoms with Crippen molar-refractivity contribution in [2.24, 2.45) is 5.73 Å². The molecule has 0 unspecified atom stereocenters. The zero-order valence-corrected chi connectivity index (χ0v) is 26.2. The molecular weight excluding hydrogens is 508 g/mol. The number of amides is 1. The number of carbonyl (C=O) groups is 3. The molecule has 0 bridgehead atoms. The number of hydrogen-bond acceptors (Lipinski definition) is 6. The lowest BCUT2D eigenvalue weighted by Crippen LogP contribution is -2.21. The molecule has 0 aliphatic rings. The summed E-state index contributed by atoms with van der Waals surface area (Å²) in [7, 11) is 0. The Morgan fingerprint density at radius 2 is 0.925 bits per heavy atom. The van der Waals surface area contributed by atoms with Crippen LogP contribution >= 0.6 is 0 Å². The van der Waals surface area contributed by atoms with E-state index in [0.717, 1.165) is 51.4 Å². The maximum absolute atomic E-state index is 11.5. The molecule has 0 aromatic carbocycles. The molecule has 238 valence electrons. The van der Waals surface area contributed by atoms with Gasteiger partial charge in [0.15, 0.2) is 0 Å². The van der Waals surface area contributed by atoms with Gasteiger partial charge in [0, 0.05) is 19.4 Å². The van der Waals surface area contributed by atoms with Crippen LogP contribution in [0.5, 0.6) is 0 Å². The molecular formula is C32H64N2O6. The summed E-state index contributed by atoms with van der Waals surface area (Å²) in [5, 5.41) is 10.7. The number of esters is 2. The van der Waals surface area contributed by atoms with Crippen molar-refractivity contribution in [3.8, 4) is 0 Å². The SMILES string of the molecule is CCCCCCCCCCOC(=O)CCCCCNC(=O)O.CCCCCCCCCCOC(=O)CCCCN. The Morgan fingerprint density at radius 1 is 0.550 bits per heavy atom. The number of nitrogens with two attached hydrogens (primary N) is 1. The van der Waals surface area contributed by atoms with E-state index in [2.05, 4.69) is 19.2 Å². The van der Waals surface area contributed by atoms with Crippen LogP contribution in [0.2, 0.25) is 0 Å². The molecule has 0 heterocycles. The second kappa shape index (κ2) is 35.2. The molecule has 0 rings (SSSR count). The summed E-state index contributed by atoms with van der Waals surface area (Å²) in [4.78, 5) is 32.9. The minimum absolute atomic E-state index is 0.0635. The van der Waals surface area contributed by atoms with E-state index in [1.54, 1.807) is 0 Å². The molecule has 8 heteroatoms. The highest BCUT2D eigenvalue weighted by molar-refractivity contribution is 5.69. The predicted molar refractivity (Wildman–Crippen MR) is 165 cm³/mol. The highest BCUT2D eigenvalue weighted by atomic mass is 16.5. The van der Waals surface area contributed by atoms with Crippen LogP contribution in [0.15, 0.2) is 0 Å². The molecule has 0 aliphatic heterocycles. The number of ether oxygens (including phenoxy) is 2. The van der Waals surface area contributed by atoms with Crippen LogP contribution in [0, 0.1) is 0 Å². The van der Waals surface area contributed by atoms with E-state index in [9.17, 15) is 14.4 Å². The van der Waals surface area contributed by atoms with E-state index < -0.39 is 6.09 Å². The Bertz CT molecular complexity index is 560. The monoisotopic (exact) mass is 572 g/mol. The van der Waals surface area contributed by atoms with Gasteiger partial charge in [-0.15, -0.1) is 0 Å². The van der Waals surface area contributed by atoms with Crippen LogP contribution in [-0.2, 0) is 19.1 Å². The first-order chi connectivity index (χ1) is 19.5. The summed E-state index contributed by atoms with van der Waals surface area (Å²) >= 11 is 0. The second-order valence-corrected chi connectivity index (χ2v) is 10.7. The number of carboxylic acid groups (broad SMARTS) is 1. The third kappa shape index (κ3) is 38.3. The van der Waals surface area contributed by atoms with Gasteiger partial charge >= 0.3 is 18.0 Å². The molecule has 40 heavy (non-hydrogen) atoms. The van der Waals surface area contributed by atoms with Gasteiger partial charge in [0.05, 0.1) is 13.2 Å². The second-order valence-electron chi connectivity index (χ2n) is 10.7. The smallest absolute Gasteiger partial charge is 0.404 e. The highest BCUT2D eigenvalue weighted by Gasteiger charge is 2.03. The van der Waals surface area contributed by atoms with E-state index in [1.165, 1.54) is 83.5 Å². The minimum Gasteiger partial charge on any atom is -0.466 e. The first-order valence-corrected chi connectivity index (χ1v) is 16.5. The predicted octanol–water partition coefficient (Wildman–Crippen LogP) is 8.30. The highest BCUT2D eigenvalue weighted by Crippen LogP contribution is 2.10. The Morgan fingerprint density at radius 3 is 1.32 bits per heavy atom. The number of hydrogen-bond donors (Lipinski definition) is 3. The molecule has 0 radical (unpaired) electrons. The van der Waals surface area contributed by atoms with Gasteiger partial charge in [0.2, 0.25) is 0 Å². The van der Waals surface area contributed by atoms with Crippen molar-refractivity contribution in [3.63, 3.8) is 0 Å². The molecule has 0 fully saturated rings. The van der Waals surface area contributed by atoms with E-state index in [-0.39, 0.29) is 11.9 Å². The Kier molecular flexibility index (Phi) is 35.5. The van der Waals surface area contributed by atoms with Gasteiger partial charge in [0.1, 0.15) is 0 Å². The van der Waals surface area contributed by atoms with Crippen LogP contribution in [0.3, 0.4) is 0 Å². The lowest BCUT2D eigenvalue weighted by molar-refractivity contribution is -0.144. The number of carbonyl (C=O) groups excluding carboxylic acids is 2. The third-order valence-electron chi connectivity index (χ3n) is 6.69. The molecule has 8 nitrogen and oxygen atoms in total. The fourth-order valence-corrected chi connectivity index (χ4v) is 4.17. The number of unbranched alkanes of at least 4 members (excludes halogenated alkanes) is 17. The van der Waals surface area contributed by atoms with Gasteiger partial charge in [-0.2, -0.15) is 0 Å². The maximum atomic E-state index is 11.5. The first-order valence-electron chi connectivity index (χ1n) is 16.5. The molecule has 0 saturated carbocycles. The summed E-state index contributed by atoms with van der Waals surface area (Å²) in [5.41, 5.74) is 5.36. The van der Waals surface area contributed by atoms with Gasteiger partial charge < -0.3 is 25.6 Å². The van der Waals surface area contributed by atoms with Crippen molar-refractivity contribution >= 4 is 18.0 Å². The van der Waals surface area contributed by atoms with Crippen molar-refractivity contribution < 1.29 is 29.0 Å². The van der Waals surface area contributed by atoms with Gasteiger partial charge in [0.25, 0.3) is 0 Å². The Balaban J connectivity index is 0. The van der Waals surface area contributed by atoms with Crippen LogP contribution in [0.4, 0.5) is 4.79 Å². The lowest BCUT2D eigenvalue weighted by Gasteiger charge is -2.05. The molecule has 1 amide bonds. The first kappa shape index (κ1) is 40.3. The fraction of sp³-hybridized carbons (Fsp3) is 0.906. The van der Waals surface area contributed by atoms with Gasteiger partial charge in [-0.1, -0.05) is 110 Å². The van der Waals surface area contributed by atoms with Crippen molar-refractivity contribution in [2.75, 3.05) is 26.3 Å². The van der Waals surface area contributed by atoms with Crippen LogP contribution in [0.25, 0.3) is 0 Å². The third-order valence-corrected chi connectivity index (χ3v) is 6.69. The van der Waals surface area contributed by atoms with Crippen LogP contribution in [-0.4, -0.2) is 49.4 Å². The normalized spacial score (nSPS) is 10.5.